The van der Waals surface area contributed by atoms with Crippen molar-refractivity contribution in [2.24, 2.45) is 0 Å². The normalized spacial score (nSPS) is 11.0. The average molecular weight is 424 g/mol. The standard InChI is InChI=1S/C20H16N4O5S/c1-3-28-14-4-6-16(17(9-14)24(26)27)18-7-5-15(29-18)8-13(10-21)19(25)23-20-22-12(2)11-30-20/h4-9,11H,3H2,1-2H3,(H,22,23,25)/b13-8-. The number of rotatable bonds is 7. The third-order valence-electron chi connectivity index (χ3n) is 3.86. The minimum absolute atomic E-state index is 0.178. The fourth-order valence-corrected chi connectivity index (χ4v) is 3.25. The van der Waals surface area contributed by atoms with E-state index in [1.54, 1.807) is 25.3 Å². The first-order valence-corrected chi connectivity index (χ1v) is 9.66. The van der Waals surface area contributed by atoms with Crippen molar-refractivity contribution in [2.75, 3.05) is 11.9 Å². The fourth-order valence-electron chi connectivity index (χ4n) is 2.57. The van der Waals surface area contributed by atoms with E-state index in [4.69, 9.17) is 9.15 Å². The lowest BCUT2D eigenvalue weighted by Gasteiger charge is -2.05. The Morgan fingerprint density at radius 1 is 1.43 bits per heavy atom. The number of ether oxygens (including phenoxy) is 1. The topological polar surface area (TPSA) is 131 Å². The van der Waals surface area contributed by atoms with Crippen LogP contribution in [0.4, 0.5) is 10.8 Å². The van der Waals surface area contributed by atoms with Gasteiger partial charge in [-0.1, -0.05) is 0 Å². The predicted octanol–water partition coefficient (Wildman–Crippen LogP) is 4.56. The van der Waals surface area contributed by atoms with Crippen LogP contribution in [0.15, 0.2) is 45.7 Å². The second kappa shape index (κ2) is 9.02. The Balaban J connectivity index is 1.87. The summed E-state index contributed by atoms with van der Waals surface area (Å²) in [5.41, 5.74) is 0.642. The zero-order chi connectivity index (χ0) is 21.7. The van der Waals surface area contributed by atoms with Crippen molar-refractivity contribution in [3.05, 3.63) is 62.9 Å². The van der Waals surface area contributed by atoms with Gasteiger partial charge in [0.25, 0.3) is 11.6 Å². The van der Waals surface area contributed by atoms with E-state index in [1.807, 2.05) is 6.07 Å². The lowest BCUT2D eigenvalue weighted by atomic mass is 10.1. The maximum Gasteiger partial charge on any atom is 0.284 e. The fraction of sp³-hybridized carbons (Fsp3) is 0.150. The molecule has 0 radical (unpaired) electrons. The maximum atomic E-state index is 12.3. The first-order chi connectivity index (χ1) is 14.4. The smallest absolute Gasteiger partial charge is 0.284 e. The van der Waals surface area contributed by atoms with Crippen molar-refractivity contribution in [2.45, 2.75) is 13.8 Å². The number of thiazole rings is 1. The monoisotopic (exact) mass is 424 g/mol. The molecule has 1 N–H and O–H groups in total. The number of nitriles is 1. The summed E-state index contributed by atoms with van der Waals surface area (Å²) in [6.45, 7) is 3.95. The van der Waals surface area contributed by atoms with E-state index in [0.29, 0.717) is 17.5 Å². The highest BCUT2D eigenvalue weighted by Crippen LogP contribution is 2.34. The zero-order valence-electron chi connectivity index (χ0n) is 16.0. The molecule has 9 nitrogen and oxygen atoms in total. The molecule has 0 bridgehead atoms. The Hall–Kier alpha value is -3.97. The first kappa shape index (κ1) is 20.8. The molecule has 2 heterocycles. The zero-order valence-corrected chi connectivity index (χ0v) is 16.9. The van der Waals surface area contributed by atoms with Crippen LogP contribution in [0.2, 0.25) is 0 Å². The Bertz CT molecular complexity index is 1170. The largest absolute Gasteiger partial charge is 0.494 e. The molecule has 0 aliphatic heterocycles. The molecule has 2 aromatic heterocycles. The highest BCUT2D eigenvalue weighted by atomic mass is 32.1. The Labute approximate surface area is 175 Å². The van der Waals surface area contributed by atoms with E-state index in [-0.39, 0.29) is 28.3 Å². The van der Waals surface area contributed by atoms with Crippen molar-refractivity contribution < 1.29 is 18.9 Å². The van der Waals surface area contributed by atoms with E-state index < -0.39 is 10.8 Å². The van der Waals surface area contributed by atoms with Gasteiger partial charge in [0, 0.05) is 11.5 Å². The second-order valence-corrected chi connectivity index (χ2v) is 6.85. The van der Waals surface area contributed by atoms with Crippen molar-refractivity contribution in [3.63, 3.8) is 0 Å². The van der Waals surface area contributed by atoms with E-state index in [0.717, 1.165) is 5.69 Å². The Kier molecular flexibility index (Phi) is 6.24. The van der Waals surface area contributed by atoms with Crippen LogP contribution in [0.25, 0.3) is 17.4 Å². The van der Waals surface area contributed by atoms with Crippen LogP contribution in [0.1, 0.15) is 18.4 Å². The van der Waals surface area contributed by atoms with Crippen LogP contribution in [0.3, 0.4) is 0 Å². The number of carbonyl (C=O) groups is 1. The first-order valence-electron chi connectivity index (χ1n) is 8.78. The summed E-state index contributed by atoms with van der Waals surface area (Å²) < 4.78 is 10.9. The number of aromatic nitrogens is 1. The van der Waals surface area contributed by atoms with Gasteiger partial charge in [0.1, 0.15) is 28.9 Å². The van der Waals surface area contributed by atoms with Gasteiger partial charge in [-0.15, -0.1) is 11.3 Å². The molecule has 1 aromatic carbocycles. The van der Waals surface area contributed by atoms with Gasteiger partial charge in [-0.05, 0) is 38.1 Å². The van der Waals surface area contributed by atoms with Crippen molar-refractivity contribution in [3.8, 4) is 23.1 Å². The van der Waals surface area contributed by atoms with Crippen LogP contribution < -0.4 is 10.1 Å². The summed E-state index contributed by atoms with van der Waals surface area (Å²) in [5.74, 6) is 0.178. The molecule has 30 heavy (non-hydrogen) atoms. The molecule has 10 heteroatoms. The van der Waals surface area contributed by atoms with Crippen molar-refractivity contribution >= 4 is 34.1 Å². The van der Waals surface area contributed by atoms with Crippen LogP contribution >= 0.6 is 11.3 Å². The van der Waals surface area contributed by atoms with Gasteiger partial charge in [-0.3, -0.25) is 20.2 Å². The van der Waals surface area contributed by atoms with Gasteiger partial charge in [-0.2, -0.15) is 5.26 Å². The summed E-state index contributed by atoms with van der Waals surface area (Å²) in [6.07, 6.45) is 1.26. The summed E-state index contributed by atoms with van der Waals surface area (Å²) in [6, 6.07) is 9.33. The molecule has 0 fully saturated rings. The van der Waals surface area contributed by atoms with E-state index >= 15 is 0 Å². The van der Waals surface area contributed by atoms with Gasteiger partial charge in [0.05, 0.1) is 28.9 Å². The Morgan fingerprint density at radius 2 is 2.23 bits per heavy atom. The third-order valence-corrected chi connectivity index (χ3v) is 4.74. The number of benzene rings is 1. The lowest BCUT2D eigenvalue weighted by molar-refractivity contribution is -0.384. The molecule has 1 amide bonds. The average Bonchev–Trinajstić information content (AvgIpc) is 3.35. The van der Waals surface area contributed by atoms with Gasteiger partial charge < -0.3 is 9.15 Å². The number of nitro benzene ring substituents is 1. The highest BCUT2D eigenvalue weighted by molar-refractivity contribution is 7.13. The van der Waals surface area contributed by atoms with Crippen molar-refractivity contribution in [1.82, 2.24) is 4.98 Å². The number of furan rings is 1. The molecular weight excluding hydrogens is 408 g/mol. The number of hydrogen-bond acceptors (Lipinski definition) is 8. The quantitative estimate of drug-likeness (QED) is 0.254. The number of carbonyl (C=O) groups excluding carboxylic acids is 1. The summed E-state index contributed by atoms with van der Waals surface area (Å²) in [5, 5.41) is 25.5. The van der Waals surface area contributed by atoms with E-state index in [1.165, 1.54) is 41.7 Å². The van der Waals surface area contributed by atoms with Crippen LogP contribution in [-0.4, -0.2) is 22.4 Å². The van der Waals surface area contributed by atoms with Gasteiger partial charge in [-0.25, -0.2) is 4.98 Å². The SMILES string of the molecule is CCOc1ccc(-c2ccc(/C=C(/C#N)C(=O)Nc3nc(C)cs3)o2)c([N+](=O)[O-])c1. The third kappa shape index (κ3) is 4.71. The number of aryl methyl sites for hydroxylation is 1. The lowest BCUT2D eigenvalue weighted by Crippen LogP contribution is -2.13. The van der Waals surface area contributed by atoms with Gasteiger partial charge in [0.15, 0.2) is 5.13 Å². The van der Waals surface area contributed by atoms with Crippen molar-refractivity contribution in [1.29, 1.82) is 5.26 Å². The molecule has 3 aromatic rings. The number of nitrogens with zero attached hydrogens (tertiary/aromatic N) is 3. The highest BCUT2D eigenvalue weighted by Gasteiger charge is 2.20. The molecule has 0 atom stereocenters. The summed E-state index contributed by atoms with van der Waals surface area (Å²) >= 11 is 1.25. The summed E-state index contributed by atoms with van der Waals surface area (Å²) in [7, 11) is 0. The molecule has 0 unspecified atom stereocenters. The molecule has 0 saturated heterocycles. The molecule has 152 valence electrons. The van der Waals surface area contributed by atoms with Crippen LogP contribution in [0, 0.1) is 28.4 Å². The number of amides is 1. The van der Waals surface area contributed by atoms with E-state index in [9.17, 15) is 20.2 Å². The molecule has 0 spiro atoms. The Morgan fingerprint density at radius 3 is 2.87 bits per heavy atom. The minimum Gasteiger partial charge on any atom is -0.494 e. The number of anilines is 1. The number of nitrogens with one attached hydrogen (secondary N) is 1. The van der Waals surface area contributed by atoms with Crippen LogP contribution in [0.5, 0.6) is 5.75 Å². The van der Waals surface area contributed by atoms with Gasteiger partial charge >= 0.3 is 0 Å². The maximum absolute atomic E-state index is 12.3. The molecule has 3 rings (SSSR count). The predicted molar refractivity (Wildman–Crippen MR) is 111 cm³/mol. The van der Waals surface area contributed by atoms with E-state index in [2.05, 4.69) is 10.3 Å². The van der Waals surface area contributed by atoms with Crippen LogP contribution in [-0.2, 0) is 4.79 Å². The minimum atomic E-state index is -0.628. The number of hydrogen-bond donors (Lipinski definition) is 1. The number of nitro groups is 1. The molecule has 0 aliphatic rings. The van der Waals surface area contributed by atoms with Gasteiger partial charge in [0.2, 0.25) is 0 Å². The molecular formula is C20H16N4O5S. The summed E-state index contributed by atoms with van der Waals surface area (Å²) in [4.78, 5) is 27.3. The molecule has 0 aliphatic carbocycles. The molecule has 0 saturated carbocycles. The second-order valence-electron chi connectivity index (χ2n) is 5.99.